The number of para-hydroxylation sites is 1. The summed E-state index contributed by atoms with van der Waals surface area (Å²) in [6.45, 7) is 3.48. The zero-order valence-corrected chi connectivity index (χ0v) is 19.6. The number of anilines is 1. The number of rotatable bonds is 6. The Hall–Kier alpha value is -4.92. The summed E-state index contributed by atoms with van der Waals surface area (Å²) in [4.78, 5) is 45.4. The minimum atomic E-state index is -1.10. The van der Waals surface area contributed by atoms with E-state index in [1.165, 1.54) is 17.7 Å². The first kappa shape index (κ1) is 22.9. The lowest BCUT2D eigenvalue weighted by atomic mass is 10.1. The molecular formula is C27H23N5O4. The number of imidazole rings is 1. The van der Waals surface area contributed by atoms with Gasteiger partial charge in [-0.15, -0.1) is 0 Å². The Morgan fingerprint density at radius 3 is 2.50 bits per heavy atom. The molecular weight excluding hydrogens is 458 g/mol. The van der Waals surface area contributed by atoms with Crippen molar-refractivity contribution in [1.82, 2.24) is 19.7 Å². The first-order valence-electron chi connectivity index (χ1n) is 11.3. The molecule has 0 bridgehead atoms. The number of hydrogen-bond donors (Lipinski definition) is 3. The van der Waals surface area contributed by atoms with Crippen LogP contribution in [0.3, 0.4) is 0 Å². The van der Waals surface area contributed by atoms with E-state index in [0.29, 0.717) is 22.5 Å². The fraction of sp³-hybridized carbons (Fsp3) is 0.111. The highest BCUT2D eigenvalue weighted by Gasteiger charge is 2.21. The van der Waals surface area contributed by atoms with Crippen molar-refractivity contribution < 1.29 is 14.3 Å². The van der Waals surface area contributed by atoms with Gasteiger partial charge in [0.25, 0.3) is 11.5 Å². The van der Waals surface area contributed by atoms with Crippen molar-refractivity contribution in [2.45, 2.75) is 20.0 Å². The maximum atomic E-state index is 12.7. The minimum absolute atomic E-state index is 0.194. The molecule has 5 rings (SSSR count). The van der Waals surface area contributed by atoms with Crippen LogP contribution >= 0.6 is 0 Å². The smallest absolute Gasteiger partial charge is 0.338 e. The van der Waals surface area contributed by atoms with Gasteiger partial charge in [-0.05, 0) is 44.2 Å². The van der Waals surface area contributed by atoms with E-state index in [1.807, 2.05) is 37.3 Å². The zero-order valence-electron chi connectivity index (χ0n) is 19.6. The number of nitrogens with zero attached hydrogens (tertiary/aromatic N) is 2. The molecule has 0 aliphatic carbocycles. The molecule has 5 aromatic rings. The molecule has 2 aromatic heterocycles. The molecule has 0 fully saturated rings. The molecule has 9 nitrogen and oxygen atoms in total. The summed E-state index contributed by atoms with van der Waals surface area (Å²) in [7, 11) is 0. The standard InChI is InChI=1S/C27H23N5O4/c1-16-8-10-18(11-9-16)25-28-21-13-12-19(14-22(21)29-25)27(35)36-17(2)26(34)30-23-15-24(33)32(31-23)20-6-4-3-5-7-20/h3-15,17,31H,1-2H3,(H,28,29)(H,30,34). The maximum Gasteiger partial charge on any atom is 0.338 e. The number of esters is 1. The predicted molar refractivity (Wildman–Crippen MR) is 136 cm³/mol. The van der Waals surface area contributed by atoms with Crippen molar-refractivity contribution >= 4 is 28.7 Å². The summed E-state index contributed by atoms with van der Waals surface area (Å²) in [6.07, 6.45) is -1.10. The van der Waals surface area contributed by atoms with Gasteiger partial charge in [0.1, 0.15) is 11.6 Å². The van der Waals surface area contributed by atoms with Crippen molar-refractivity contribution in [2.24, 2.45) is 0 Å². The van der Waals surface area contributed by atoms with Crippen LogP contribution in [0.5, 0.6) is 0 Å². The molecule has 1 atom stereocenters. The van der Waals surface area contributed by atoms with Crippen LogP contribution < -0.4 is 10.9 Å². The Labute approximate surface area is 205 Å². The van der Waals surface area contributed by atoms with Crippen molar-refractivity contribution in [3.63, 3.8) is 0 Å². The van der Waals surface area contributed by atoms with E-state index in [1.54, 1.807) is 42.5 Å². The fourth-order valence-electron chi connectivity index (χ4n) is 3.73. The first-order valence-corrected chi connectivity index (χ1v) is 11.3. The summed E-state index contributed by atoms with van der Waals surface area (Å²) in [5.41, 5.74) is 4.05. The van der Waals surface area contributed by atoms with Gasteiger partial charge in [0.15, 0.2) is 6.10 Å². The van der Waals surface area contributed by atoms with E-state index in [0.717, 1.165) is 11.1 Å². The molecule has 0 spiro atoms. The molecule has 9 heteroatoms. The largest absolute Gasteiger partial charge is 0.449 e. The Bertz CT molecular complexity index is 1610. The molecule has 0 radical (unpaired) electrons. The number of benzene rings is 3. The van der Waals surface area contributed by atoms with Crippen molar-refractivity contribution in [3.8, 4) is 17.1 Å². The van der Waals surface area contributed by atoms with Gasteiger partial charge in [0.2, 0.25) is 0 Å². The van der Waals surface area contributed by atoms with E-state index in [9.17, 15) is 14.4 Å². The van der Waals surface area contributed by atoms with Gasteiger partial charge in [0.05, 0.1) is 22.3 Å². The second kappa shape index (κ2) is 9.38. The molecule has 0 saturated carbocycles. The Morgan fingerprint density at radius 2 is 1.75 bits per heavy atom. The van der Waals surface area contributed by atoms with Gasteiger partial charge in [-0.3, -0.25) is 14.7 Å². The highest BCUT2D eigenvalue weighted by molar-refractivity contribution is 5.98. The molecule has 0 aliphatic rings. The SMILES string of the molecule is Cc1ccc(-c2nc3ccc(C(=O)OC(C)C(=O)Nc4cc(=O)n(-c5ccccc5)[nH]4)cc3[nH]2)cc1. The topological polar surface area (TPSA) is 122 Å². The highest BCUT2D eigenvalue weighted by atomic mass is 16.5. The quantitative estimate of drug-likeness (QED) is 0.314. The number of carbonyl (C=O) groups excluding carboxylic acids is 2. The molecule has 36 heavy (non-hydrogen) atoms. The number of amides is 1. The highest BCUT2D eigenvalue weighted by Crippen LogP contribution is 2.22. The van der Waals surface area contributed by atoms with Crippen molar-refractivity contribution in [1.29, 1.82) is 0 Å². The Morgan fingerprint density at radius 1 is 1.00 bits per heavy atom. The molecule has 3 aromatic carbocycles. The number of H-pyrrole nitrogens is 2. The third kappa shape index (κ3) is 4.67. The number of fused-ring (bicyclic) bond motifs is 1. The van der Waals surface area contributed by atoms with Gasteiger partial charge in [-0.25, -0.2) is 14.5 Å². The third-order valence-corrected chi connectivity index (χ3v) is 5.69. The second-order valence-corrected chi connectivity index (χ2v) is 8.40. The lowest BCUT2D eigenvalue weighted by molar-refractivity contribution is -0.123. The molecule has 0 saturated heterocycles. The molecule has 1 amide bonds. The Kier molecular flexibility index (Phi) is 5.95. The monoisotopic (exact) mass is 481 g/mol. The second-order valence-electron chi connectivity index (χ2n) is 8.40. The van der Waals surface area contributed by atoms with E-state index < -0.39 is 18.0 Å². The van der Waals surface area contributed by atoms with E-state index in [2.05, 4.69) is 20.4 Å². The zero-order chi connectivity index (χ0) is 25.2. The summed E-state index contributed by atoms with van der Waals surface area (Å²) in [5.74, 6) is -0.338. The number of hydrogen-bond acceptors (Lipinski definition) is 5. The number of aromatic nitrogens is 4. The van der Waals surface area contributed by atoms with Crippen LogP contribution in [0.2, 0.25) is 0 Å². The van der Waals surface area contributed by atoms with Crippen LogP contribution in [0.1, 0.15) is 22.8 Å². The van der Waals surface area contributed by atoms with Crippen molar-refractivity contribution in [2.75, 3.05) is 5.32 Å². The summed E-state index contributed by atoms with van der Waals surface area (Å²) >= 11 is 0. The van der Waals surface area contributed by atoms with E-state index in [-0.39, 0.29) is 16.9 Å². The van der Waals surface area contributed by atoms with Crippen LogP contribution in [0.15, 0.2) is 83.7 Å². The molecule has 180 valence electrons. The minimum Gasteiger partial charge on any atom is -0.449 e. The lowest BCUT2D eigenvalue weighted by Crippen LogP contribution is -2.30. The van der Waals surface area contributed by atoms with Gasteiger partial charge in [0, 0.05) is 11.6 Å². The number of carbonyl (C=O) groups is 2. The number of nitrogens with one attached hydrogen (secondary N) is 3. The van der Waals surface area contributed by atoms with Crippen LogP contribution in [-0.2, 0) is 9.53 Å². The summed E-state index contributed by atoms with van der Waals surface area (Å²) in [6, 6.07) is 23.1. The molecule has 0 aliphatic heterocycles. The Balaban J connectivity index is 1.26. The van der Waals surface area contributed by atoms with Crippen LogP contribution in [0, 0.1) is 6.92 Å². The van der Waals surface area contributed by atoms with Gasteiger partial charge >= 0.3 is 5.97 Å². The average Bonchev–Trinajstić information content (AvgIpc) is 3.47. The molecule has 1 unspecified atom stereocenters. The van der Waals surface area contributed by atoms with Crippen molar-refractivity contribution in [3.05, 3.63) is 100 Å². The van der Waals surface area contributed by atoms with E-state index in [4.69, 9.17) is 4.74 Å². The van der Waals surface area contributed by atoms with Crippen LogP contribution in [-0.4, -0.2) is 37.7 Å². The number of aryl methyl sites for hydroxylation is 1. The van der Waals surface area contributed by atoms with Gasteiger partial charge in [-0.2, -0.15) is 0 Å². The summed E-state index contributed by atoms with van der Waals surface area (Å²) in [5, 5.41) is 5.40. The number of ether oxygens (including phenoxy) is 1. The summed E-state index contributed by atoms with van der Waals surface area (Å²) < 4.78 is 6.66. The molecule has 2 heterocycles. The van der Waals surface area contributed by atoms with Gasteiger partial charge in [-0.1, -0.05) is 48.0 Å². The van der Waals surface area contributed by atoms with Crippen LogP contribution in [0.4, 0.5) is 5.82 Å². The normalized spacial score (nSPS) is 11.8. The predicted octanol–water partition coefficient (Wildman–Crippen LogP) is 4.20. The average molecular weight is 482 g/mol. The maximum absolute atomic E-state index is 12.7. The van der Waals surface area contributed by atoms with Crippen LogP contribution in [0.25, 0.3) is 28.1 Å². The van der Waals surface area contributed by atoms with Gasteiger partial charge < -0.3 is 15.0 Å². The fourth-order valence-corrected chi connectivity index (χ4v) is 3.73. The molecule has 3 N–H and O–H groups in total. The number of aromatic amines is 2. The van der Waals surface area contributed by atoms with E-state index >= 15 is 0 Å². The first-order chi connectivity index (χ1) is 17.4. The lowest BCUT2D eigenvalue weighted by Gasteiger charge is -2.12. The third-order valence-electron chi connectivity index (χ3n) is 5.69.